The van der Waals surface area contributed by atoms with Gasteiger partial charge in [0.15, 0.2) is 38.7 Å². The third kappa shape index (κ3) is 5.62. The van der Waals surface area contributed by atoms with Crippen LogP contribution in [0.3, 0.4) is 0 Å². The van der Waals surface area contributed by atoms with E-state index in [4.69, 9.17) is 35.0 Å². The fourth-order valence-electron chi connectivity index (χ4n) is 5.22. The normalized spacial score (nSPS) is 18.8. The Morgan fingerprint density at radius 1 is 1.14 bits per heavy atom. The van der Waals surface area contributed by atoms with Gasteiger partial charge in [0.1, 0.15) is 24.8 Å². The van der Waals surface area contributed by atoms with Crippen LogP contribution < -0.4 is 26.4 Å². The summed E-state index contributed by atoms with van der Waals surface area (Å²) in [5, 5.41) is 24.0. The standard InChI is InChI=1S/C26H25B3F2N8O4/c1-34-23(40)24(33)3-2-5-38(12-24)18-10-36-17(13-7-16(31)19(9-15(13)30)43-26(28,29)42)8-14(18)25(27,41)20-11-37-22-21(32)35-4-6-39(20)22/h4,6-11,41-42H,2-3,5,12,33H2,1H3,(H2,32,35)(H,34,40). The highest BCUT2D eigenvalue weighted by atomic mass is 19.1. The fourth-order valence-corrected chi connectivity index (χ4v) is 5.22. The number of nitrogens with two attached hydrogens (primary N) is 2. The highest BCUT2D eigenvalue weighted by molar-refractivity contribution is 6.37. The summed E-state index contributed by atoms with van der Waals surface area (Å²) in [6.45, 7) is 0.455. The van der Waals surface area contributed by atoms with E-state index < -0.39 is 34.0 Å². The van der Waals surface area contributed by atoms with Gasteiger partial charge in [0, 0.05) is 49.7 Å². The lowest BCUT2D eigenvalue weighted by atomic mass is 9.72. The number of piperidine rings is 1. The largest absolute Gasteiger partial charge is 0.478 e. The zero-order chi connectivity index (χ0) is 31.3. The van der Waals surface area contributed by atoms with E-state index in [2.05, 4.69) is 25.0 Å². The average Bonchev–Trinajstić information content (AvgIpc) is 3.40. The van der Waals surface area contributed by atoms with Crippen LogP contribution in [-0.2, 0) is 10.3 Å². The Balaban J connectivity index is 1.68. The van der Waals surface area contributed by atoms with Gasteiger partial charge in [0.2, 0.25) is 5.91 Å². The van der Waals surface area contributed by atoms with E-state index in [-0.39, 0.29) is 52.1 Å². The molecule has 43 heavy (non-hydrogen) atoms. The fraction of sp³-hybridized carbons (Fsp3) is 0.308. The molecule has 6 radical (unpaired) electrons. The molecule has 12 nitrogen and oxygen atoms in total. The first-order valence-corrected chi connectivity index (χ1v) is 13.0. The second-order valence-electron chi connectivity index (χ2n) is 10.4. The van der Waals surface area contributed by atoms with E-state index in [9.17, 15) is 19.4 Å². The number of rotatable bonds is 7. The second kappa shape index (κ2) is 10.8. The van der Waals surface area contributed by atoms with Crippen molar-refractivity contribution in [3.8, 4) is 17.0 Å². The van der Waals surface area contributed by atoms with E-state index in [1.165, 1.54) is 42.3 Å². The van der Waals surface area contributed by atoms with Gasteiger partial charge in [0.25, 0.3) is 0 Å². The SMILES string of the molecule is [B]C([B])(O)Oc1cc(F)c(-c2cc(C([B])(O)c3cnc4c(N)nccn34)c(N3CCCC(N)(C(=O)NC)C3)cn2)cc1F. The number of hydrogen-bond acceptors (Lipinski definition) is 10. The molecule has 1 aromatic carbocycles. The van der Waals surface area contributed by atoms with Crippen LogP contribution in [0.1, 0.15) is 24.1 Å². The van der Waals surface area contributed by atoms with Crippen molar-refractivity contribution in [2.75, 3.05) is 30.8 Å². The summed E-state index contributed by atoms with van der Waals surface area (Å²) in [6.07, 6.45) is 6.42. The van der Waals surface area contributed by atoms with Crippen LogP contribution in [0.15, 0.2) is 43.0 Å². The number of halogens is 2. The van der Waals surface area contributed by atoms with Crippen molar-refractivity contribution in [2.24, 2.45) is 5.73 Å². The first-order valence-electron chi connectivity index (χ1n) is 13.0. The van der Waals surface area contributed by atoms with E-state index in [1.807, 2.05) is 0 Å². The number of imidazole rings is 1. The molecule has 0 spiro atoms. The van der Waals surface area contributed by atoms with Crippen molar-refractivity contribution in [1.82, 2.24) is 24.7 Å². The van der Waals surface area contributed by atoms with E-state index in [1.54, 1.807) is 4.90 Å². The molecule has 0 saturated carbocycles. The smallest absolute Gasteiger partial charge is 0.241 e. The minimum Gasteiger partial charge on any atom is -0.478 e. The molecule has 17 heteroatoms. The van der Waals surface area contributed by atoms with Crippen molar-refractivity contribution < 1.29 is 28.5 Å². The molecule has 1 saturated heterocycles. The molecule has 2 unspecified atom stereocenters. The minimum absolute atomic E-state index is 0.00858. The van der Waals surface area contributed by atoms with E-state index >= 15 is 4.39 Å². The Labute approximate surface area is 248 Å². The maximum Gasteiger partial charge on any atom is 0.241 e. The molecule has 1 amide bonds. The summed E-state index contributed by atoms with van der Waals surface area (Å²) >= 11 is 0. The van der Waals surface area contributed by atoms with Crippen LogP contribution in [-0.4, -0.2) is 90.3 Å². The zero-order valence-corrected chi connectivity index (χ0v) is 23.0. The summed E-state index contributed by atoms with van der Waals surface area (Å²) < 4.78 is 36.3. The third-order valence-electron chi connectivity index (χ3n) is 7.25. The molecule has 1 aliphatic rings. The second-order valence-corrected chi connectivity index (χ2v) is 10.4. The molecule has 4 heterocycles. The van der Waals surface area contributed by atoms with Gasteiger partial charge in [-0.15, -0.1) is 0 Å². The van der Waals surface area contributed by atoms with Gasteiger partial charge < -0.3 is 36.6 Å². The lowest BCUT2D eigenvalue weighted by molar-refractivity contribution is -0.126. The number of nitrogens with one attached hydrogen (secondary N) is 1. The molecule has 1 fully saturated rings. The van der Waals surface area contributed by atoms with Crippen LogP contribution in [0, 0.1) is 11.6 Å². The van der Waals surface area contributed by atoms with Gasteiger partial charge in [0.05, 0.1) is 35.0 Å². The van der Waals surface area contributed by atoms with E-state index in [0.29, 0.717) is 25.5 Å². The van der Waals surface area contributed by atoms with Gasteiger partial charge in [-0.05, 0) is 25.0 Å². The molecule has 0 bridgehead atoms. The zero-order valence-electron chi connectivity index (χ0n) is 23.0. The predicted molar refractivity (Wildman–Crippen MR) is 155 cm³/mol. The number of pyridine rings is 1. The van der Waals surface area contributed by atoms with Crippen LogP contribution >= 0.6 is 0 Å². The quantitative estimate of drug-likeness (QED) is 0.139. The number of carbonyl (C=O) groups is 1. The number of benzene rings is 1. The first-order chi connectivity index (χ1) is 20.1. The molecule has 1 aliphatic heterocycles. The van der Waals surface area contributed by atoms with Crippen LogP contribution in [0.2, 0.25) is 0 Å². The first kappa shape index (κ1) is 30.3. The molecule has 4 aromatic rings. The number of amides is 1. The number of likely N-dealkylation sites (N-methyl/N-ethyl adjacent to an activating group) is 1. The van der Waals surface area contributed by atoms with Crippen molar-refractivity contribution in [3.63, 3.8) is 0 Å². The maximum atomic E-state index is 15.3. The predicted octanol–water partition coefficient (Wildman–Crippen LogP) is -0.623. The summed E-state index contributed by atoms with van der Waals surface area (Å²) in [6, 6.07) is 2.68. The lowest BCUT2D eigenvalue weighted by Gasteiger charge is -2.42. The Morgan fingerprint density at radius 2 is 1.88 bits per heavy atom. The van der Waals surface area contributed by atoms with Crippen LogP contribution in [0.4, 0.5) is 20.3 Å². The summed E-state index contributed by atoms with van der Waals surface area (Å²) in [7, 11) is 18.4. The molecular weight excluding hydrogens is 559 g/mol. The van der Waals surface area contributed by atoms with Crippen molar-refractivity contribution in [3.05, 3.63) is 65.9 Å². The van der Waals surface area contributed by atoms with Crippen LogP contribution in [0.25, 0.3) is 16.9 Å². The topological polar surface area (TPSA) is 177 Å². The van der Waals surface area contributed by atoms with Gasteiger partial charge in [-0.1, -0.05) is 0 Å². The molecule has 216 valence electrons. The van der Waals surface area contributed by atoms with Gasteiger partial charge in [-0.3, -0.25) is 14.2 Å². The van der Waals surface area contributed by atoms with Crippen molar-refractivity contribution in [1.29, 1.82) is 0 Å². The molecule has 7 N–H and O–H groups in total. The number of nitrogen functional groups attached to an aromatic ring is 1. The molecule has 2 atom stereocenters. The number of anilines is 2. The van der Waals surface area contributed by atoms with Crippen molar-refractivity contribution >= 4 is 46.6 Å². The number of hydrogen-bond donors (Lipinski definition) is 5. The minimum atomic E-state index is -2.76. The van der Waals surface area contributed by atoms with E-state index in [0.717, 1.165) is 6.07 Å². The number of carbonyl (C=O) groups excluding carboxylic acids is 1. The highest BCUT2D eigenvalue weighted by Crippen LogP contribution is 2.39. The molecule has 5 rings (SSSR count). The highest BCUT2D eigenvalue weighted by Gasteiger charge is 2.41. The monoisotopic (exact) mass is 584 g/mol. The molecule has 3 aromatic heterocycles. The number of aromatic nitrogens is 4. The third-order valence-corrected chi connectivity index (χ3v) is 7.25. The summed E-state index contributed by atoms with van der Waals surface area (Å²) in [5.74, 6) is -3.17. The molecule has 0 aliphatic carbocycles. The number of fused-ring (bicyclic) bond motifs is 1. The summed E-state index contributed by atoms with van der Waals surface area (Å²) in [4.78, 5) is 26.9. The summed E-state index contributed by atoms with van der Waals surface area (Å²) in [5.41, 5.74) is 6.17. The Kier molecular flexibility index (Phi) is 7.61. The van der Waals surface area contributed by atoms with Gasteiger partial charge >= 0.3 is 0 Å². The van der Waals surface area contributed by atoms with Gasteiger partial charge in [-0.25, -0.2) is 18.7 Å². The Hall–Kier alpha value is -4.21. The Bertz CT molecular complexity index is 1720. The van der Waals surface area contributed by atoms with Crippen LogP contribution in [0.5, 0.6) is 5.75 Å². The number of nitrogens with zero attached hydrogens (tertiary/aromatic N) is 5. The Morgan fingerprint density at radius 3 is 2.58 bits per heavy atom. The number of ether oxygens (including phenoxy) is 1. The maximum absolute atomic E-state index is 15.3. The average molecular weight is 584 g/mol. The number of aliphatic hydroxyl groups is 2. The van der Waals surface area contributed by atoms with Crippen molar-refractivity contribution in [2.45, 2.75) is 29.5 Å². The van der Waals surface area contributed by atoms with Gasteiger partial charge in [-0.2, -0.15) is 0 Å². The molecular formula is C26H25B3F2N8O4. The lowest BCUT2D eigenvalue weighted by Crippen LogP contribution is -2.62.